The third-order valence-corrected chi connectivity index (χ3v) is 6.73. The fourth-order valence-corrected chi connectivity index (χ4v) is 4.67. The molecule has 8 heteroatoms. The van der Waals surface area contributed by atoms with Gasteiger partial charge in [-0.3, -0.25) is 14.6 Å². The molecule has 1 aliphatic rings. The molecule has 0 radical (unpaired) electrons. The molecule has 0 bridgehead atoms. The van der Waals surface area contributed by atoms with Crippen LogP contribution >= 0.6 is 22.9 Å². The number of halogens is 1. The number of benzene rings is 2. The third kappa shape index (κ3) is 4.44. The Labute approximate surface area is 185 Å². The number of aromatic nitrogens is 1. The molecule has 2 aromatic carbocycles. The molecule has 0 unspecified atom stereocenters. The van der Waals surface area contributed by atoms with E-state index in [1.54, 1.807) is 18.1 Å². The number of carbonyl (C=O) groups is 1. The molecule has 0 aliphatic carbocycles. The van der Waals surface area contributed by atoms with E-state index in [1.165, 1.54) is 11.3 Å². The molecule has 0 N–H and O–H groups in total. The topological polar surface area (TPSA) is 54.9 Å². The van der Waals surface area contributed by atoms with E-state index in [4.69, 9.17) is 26.1 Å². The lowest BCUT2D eigenvalue weighted by atomic mass is 10.2. The molecule has 1 aromatic heterocycles. The second-order valence-electron chi connectivity index (χ2n) is 7.16. The third-order valence-electron chi connectivity index (χ3n) is 5.27. The summed E-state index contributed by atoms with van der Waals surface area (Å²) < 4.78 is 11.8. The van der Waals surface area contributed by atoms with Crippen LogP contribution in [0.2, 0.25) is 5.02 Å². The number of methoxy groups -OCH3 is 1. The van der Waals surface area contributed by atoms with Crippen molar-refractivity contribution in [3.05, 3.63) is 52.5 Å². The molecule has 6 nitrogen and oxygen atoms in total. The monoisotopic (exact) mass is 445 g/mol. The highest BCUT2D eigenvalue weighted by atomic mass is 35.5. The number of thiazole rings is 1. The maximum Gasteiger partial charge on any atom is 0.260 e. The Kier molecular flexibility index (Phi) is 6.53. The van der Waals surface area contributed by atoms with Gasteiger partial charge in [-0.1, -0.05) is 29.0 Å². The summed E-state index contributed by atoms with van der Waals surface area (Å²) >= 11 is 7.79. The van der Waals surface area contributed by atoms with E-state index in [1.807, 2.05) is 37.3 Å². The van der Waals surface area contributed by atoms with E-state index < -0.39 is 0 Å². The number of carbonyl (C=O) groups excluding carboxylic acids is 1. The summed E-state index contributed by atoms with van der Waals surface area (Å²) in [4.78, 5) is 22.4. The smallest absolute Gasteiger partial charge is 0.260 e. The average Bonchev–Trinajstić information content (AvgIpc) is 3.22. The Morgan fingerprint density at radius 2 is 2.10 bits per heavy atom. The van der Waals surface area contributed by atoms with Crippen molar-refractivity contribution in [2.24, 2.45) is 0 Å². The van der Waals surface area contributed by atoms with Gasteiger partial charge in [0.1, 0.15) is 5.75 Å². The average molecular weight is 446 g/mol. The van der Waals surface area contributed by atoms with Crippen LogP contribution in [0.3, 0.4) is 0 Å². The number of amides is 1. The number of nitrogens with zero attached hydrogens (tertiary/aromatic N) is 3. The molecule has 4 rings (SSSR count). The van der Waals surface area contributed by atoms with Crippen LogP contribution in [0.1, 0.15) is 15.9 Å². The normalized spacial score (nSPS) is 14.8. The highest BCUT2D eigenvalue weighted by Crippen LogP contribution is 2.34. The van der Waals surface area contributed by atoms with Crippen LogP contribution in [0.4, 0.5) is 5.13 Å². The van der Waals surface area contributed by atoms with Crippen molar-refractivity contribution in [3.8, 4) is 5.75 Å². The Bertz CT molecular complexity index is 1050. The summed E-state index contributed by atoms with van der Waals surface area (Å²) in [6.45, 7) is 6.45. The van der Waals surface area contributed by atoms with Gasteiger partial charge in [0.15, 0.2) is 5.13 Å². The zero-order valence-electron chi connectivity index (χ0n) is 17.1. The van der Waals surface area contributed by atoms with Crippen molar-refractivity contribution >= 4 is 44.2 Å². The minimum Gasteiger partial charge on any atom is -0.497 e. The first kappa shape index (κ1) is 21.1. The molecule has 0 spiro atoms. The number of anilines is 1. The van der Waals surface area contributed by atoms with Gasteiger partial charge in [0, 0.05) is 36.8 Å². The first-order valence-electron chi connectivity index (χ1n) is 9.88. The van der Waals surface area contributed by atoms with Crippen molar-refractivity contribution < 1.29 is 14.3 Å². The molecular formula is C22H24ClN3O3S. The summed E-state index contributed by atoms with van der Waals surface area (Å²) in [5.41, 5.74) is 2.35. The van der Waals surface area contributed by atoms with Crippen LogP contribution in [0.15, 0.2) is 36.4 Å². The number of fused-ring (bicyclic) bond motifs is 1. The van der Waals surface area contributed by atoms with Crippen LogP contribution < -0.4 is 9.64 Å². The Morgan fingerprint density at radius 1 is 1.30 bits per heavy atom. The lowest BCUT2D eigenvalue weighted by Gasteiger charge is -2.29. The highest BCUT2D eigenvalue weighted by molar-refractivity contribution is 7.22. The molecular weight excluding hydrogens is 422 g/mol. The van der Waals surface area contributed by atoms with Gasteiger partial charge in [-0.25, -0.2) is 4.98 Å². The van der Waals surface area contributed by atoms with Gasteiger partial charge >= 0.3 is 0 Å². The standard InChI is InChI=1S/C22H24ClN3O3S/c1-15-18(23)6-7-19-20(15)24-22(30-19)26(9-8-25-10-12-29-13-11-25)21(27)16-4-3-5-17(14-16)28-2/h3-7,14H,8-13H2,1-2H3. The Balaban J connectivity index is 1.67. The van der Waals surface area contributed by atoms with E-state index >= 15 is 0 Å². The van der Waals surface area contributed by atoms with E-state index in [0.717, 1.165) is 48.6 Å². The molecule has 1 amide bonds. The van der Waals surface area contributed by atoms with Crippen molar-refractivity contribution in [3.63, 3.8) is 0 Å². The summed E-state index contributed by atoms with van der Waals surface area (Å²) in [6, 6.07) is 11.1. The van der Waals surface area contributed by atoms with Crippen molar-refractivity contribution in [1.82, 2.24) is 9.88 Å². The zero-order chi connectivity index (χ0) is 21.1. The molecule has 3 aromatic rings. The van der Waals surface area contributed by atoms with Gasteiger partial charge in [0.25, 0.3) is 5.91 Å². The number of morpholine rings is 1. The van der Waals surface area contributed by atoms with Crippen LogP contribution in [-0.4, -0.2) is 62.3 Å². The molecule has 0 saturated carbocycles. The first-order chi connectivity index (χ1) is 14.6. The van der Waals surface area contributed by atoms with E-state index in [9.17, 15) is 4.79 Å². The summed E-state index contributed by atoms with van der Waals surface area (Å²) in [6.07, 6.45) is 0. The molecule has 0 atom stereocenters. The van der Waals surface area contributed by atoms with Gasteiger partial charge in [-0.2, -0.15) is 0 Å². The second kappa shape index (κ2) is 9.31. The number of hydrogen-bond acceptors (Lipinski definition) is 6. The number of rotatable bonds is 6. The predicted molar refractivity (Wildman–Crippen MR) is 121 cm³/mol. The maximum absolute atomic E-state index is 13.5. The second-order valence-corrected chi connectivity index (χ2v) is 8.57. The Morgan fingerprint density at radius 3 is 2.87 bits per heavy atom. The predicted octanol–water partition coefficient (Wildman–Crippen LogP) is 4.25. The van der Waals surface area contributed by atoms with E-state index in [0.29, 0.717) is 28.0 Å². The van der Waals surface area contributed by atoms with Crippen LogP contribution in [0, 0.1) is 6.92 Å². The fraction of sp³-hybridized carbons (Fsp3) is 0.364. The quantitative estimate of drug-likeness (QED) is 0.567. The SMILES string of the molecule is COc1cccc(C(=O)N(CCN2CCOCC2)c2nc3c(C)c(Cl)ccc3s2)c1. The van der Waals surface area contributed by atoms with Gasteiger partial charge in [-0.15, -0.1) is 0 Å². The van der Waals surface area contributed by atoms with Crippen molar-refractivity contribution in [1.29, 1.82) is 0 Å². The Hall–Kier alpha value is -2.19. The van der Waals surface area contributed by atoms with Crippen molar-refractivity contribution in [2.75, 3.05) is 51.4 Å². The number of aryl methyl sites for hydroxylation is 1. The summed E-state index contributed by atoms with van der Waals surface area (Å²) in [5, 5.41) is 1.36. The van der Waals surface area contributed by atoms with Crippen LogP contribution in [0.25, 0.3) is 10.2 Å². The van der Waals surface area contributed by atoms with Gasteiger partial charge < -0.3 is 9.47 Å². The van der Waals surface area contributed by atoms with Crippen LogP contribution in [0.5, 0.6) is 5.75 Å². The van der Waals surface area contributed by atoms with Crippen LogP contribution in [-0.2, 0) is 4.74 Å². The van der Waals surface area contributed by atoms with Gasteiger partial charge in [0.05, 0.1) is 30.5 Å². The fourth-order valence-electron chi connectivity index (χ4n) is 3.47. The lowest BCUT2D eigenvalue weighted by Crippen LogP contribution is -2.43. The number of hydrogen-bond donors (Lipinski definition) is 0. The lowest BCUT2D eigenvalue weighted by molar-refractivity contribution is 0.0391. The molecule has 2 heterocycles. The number of ether oxygens (including phenoxy) is 2. The van der Waals surface area contributed by atoms with Gasteiger partial charge in [0.2, 0.25) is 0 Å². The highest BCUT2D eigenvalue weighted by Gasteiger charge is 2.23. The van der Waals surface area contributed by atoms with Crippen molar-refractivity contribution in [2.45, 2.75) is 6.92 Å². The minimum atomic E-state index is -0.0926. The molecule has 158 valence electrons. The maximum atomic E-state index is 13.5. The zero-order valence-corrected chi connectivity index (χ0v) is 18.6. The van der Waals surface area contributed by atoms with E-state index in [-0.39, 0.29) is 5.91 Å². The minimum absolute atomic E-state index is 0.0926. The molecule has 30 heavy (non-hydrogen) atoms. The molecule has 1 saturated heterocycles. The molecule has 1 fully saturated rings. The summed E-state index contributed by atoms with van der Waals surface area (Å²) in [5.74, 6) is 0.561. The first-order valence-corrected chi connectivity index (χ1v) is 11.1. The van der Waals surface area contributed by atoms with Gasteiger partial charge in [-0.05, 0) is 42.8 Å². The largest absolute Gasteiger partial charge is 0.497 e. The summed E-state index contributed by atoms with van der Waals surface area (Å²) in [7, 11) is 1.60. The molecule has 1 aliphatic heterocycles. The van der Waals surface area contributed by atoms with E-state index in [2.05, 4.69) is 4.90 Å².